The molecule has 0 spiro atoms. The fourth-order valence-corrected chi connectivity index (χ4v) is 2.14. The standard InChI is InChI=1S/C15H16F4N2O2/c1-7-3-10(7)14(23)21-12-5-9(4-11(16)8(12)2)13(22)20-6-15(17,18)19/h4-5,7,10H,3,6H2,1-2H3,(H,20,22)(H,21,23). The fourth-order valence-electron chi connectivity index (χ4n) is 2.14. The Kier molecular flexibility index (Phi) is 4.63. The molecule has 4 nitrogen and oxygen atoms in total. The van der Waals surface area contributed by atoms with E-state index >= 15 is 0 Å². The van der Waals surface area contributed by atoms with Crippen LogP contribution in [0.4, 0.5) is 23.2 Å². The van der Waals surface area contributed by atoms with Gasteiger partial charge in [-0.1, -0.05) is 6.92 Å². The number of halogens is 4. The summed E-state index contributed by atoms with van der Waals surface area (Å²) in [5.74, 6) is -2.02. The van der Waals surface area contributed by atoms with Crippen LogP contribution in [0, 0.1) is 24.6 Å². The molecule has 8 heteroatoms. The van der Waals surface area contributed by atoms with Crippen molar-refractivity contribution in [3.05, 3.63) is 29.1 Å². The molecule has 0 aromatic heterocycles. The van der Waals surface area contributed by atoms with Crippen LogP contribution in [0.25, 0.3) is 0 Å². The highest BCUT2D eigenvalue weighted by atomic mass is 19.4. The zero-order valence-corrected chi connectivity index (χ0v) is 12.6. The molecule has 0 bridgehead atoms. The molecule has 1 fully saturated rings. The fraction of sp³-hybridized carbons (Fsp3) is 0.467. The molecule has 1 aromatic carbocycles. The van der Waals surface area contributed by atoms with Crippen molar-refractivity contribution in [1.82, 2.24) is 5.32 Å². The maximum absolute atomic E-state index is 13.9. The van der Waals surface area contributed by atoms with E-state index in [1.807, 2.05) is 6.92 Å². The Morgan fingerprint density at radius 1 is 1.30 bits per heavy atom. The monoisotopic (exact) mass is 332 g/mol. The lowest BCUT2D eigenvalue weighted by Gasteiger charge is -2.13. The summed E-state index contributed by atoms with van der Waals surface area (Å²) >= 11 is 0. The van der Waals surface area contributed by atoms with Crippen molar-refractivity contribution in [2.24, 2.45) is 11.8 Å². The molecule has 0 aliphatic heterocycles. The molecule has 0 radical (unpaired) electrons. The summed E-state index contributed by atoms with van der Waals surface area (Å²) in [5.41, 5.74) is -0.0678. The number of rotatable bonds is 4. The number of carbonyl (C=O) groups excluding carboxylic acids is 2. The van der Waals surface area contributed by atoms with Crippen molar-refractivity contribution in [3.8, 4) is 0 Å². The van der Waals surface area contributed by atoms with Gasteiger partial charge in [0.2, 0.25) is 5.91 Å². The van der Waals surface area contributed by atoms with E-state index in [9.17, 15) is 27.2 Å². The Balaban J connectivity index is 2.15. The minimum Gasteiger partial charge on any atom is -0.343 e. The molecule has 126 valence electrons. The summed E-state index contributed by atoms with van der Waals surface area (Å²) in [5, 5.41) is 4.19. The first-order valence-electron chi connectivity index (χ1n) is 7.04. The largest absolute Gasteiger partial charge is 0.405 e. The second-order valence-corrected chi connectivity index (χ2v) is 5.74. The molecule has 1 aliphatic rings. The lowest BCUT2D eigenvalue weighted by atomic mass is 10.1. The summed E-state index contributed by atoms with van der Waals surface area (Å²) in [6, 6.07) is 2.02. The van der Waals surface area contributed by atoms with Crippen LogP contribution < -0.4 is 10.6 Å². The molecule has 1 aromatic rings. The summed E-state index contributed by atoms with van der Waals surface area (Å²) in [4.78, 5) is 23.6. The van der Waals surface area contributed by atoms with E-state index in [0.717, 1.165) is 12.5 Å². The van der Waals surface area contributed by atoms with Gasteiger partial charge in [-0.15, -0.1) is 0 Å². The Hall–Kier alpha value is -2.12. The Morgan fingerprint density at radius 2 is 1.91 bits per heavy atom. The van der Waals surface area contributed by atoms with Gasteiger partial charge in [-0.05, 0) is 31.4 Å². The second kappa shape index (κ2) is 6.17. The number of benzene rings is 1. The Bertz CT molecular complexity index is 643. The zero-order valence-electron chi connectivity index (χ0n) is 12.6. The second-order valence-electron chi connectivity index (χ2n) is 5.74. The van der Waals surface area contributed by atoms with Crippen LogP contribution in [0.3, 0.4) is 0 Å². The Morgan fingerprint density at radius 3 is 2.43 bits per heavy atom. The van der Waals surface area contributed by atoms with Crippen molar-refractivity contribution in [2.45, 2.75) is 26.4 Å². The van der Waals surface area contributed by atoms with E-state index in [0.29, 0.717) is 0 Å². The molecule has 2 atom stereocenters. The van der Waals surface area contributed by atoms with Gasteiger partial charge in [-0.25, -0.2) is 4.39 Å². The molecule has 0 saturated heterocycles. The van der Waals surface area contributed by atoms with E-state index in [4.69, 9.17) is 0 Å². The highest BCUT2D eigenvalue weighted by Gasteiger charge is 2.39. The van der Waals surface area contributed by atoms with Crippen LogP contribution >= 0.6 is 0 Å². The molecule has 1 aliphatic carbocycles. The quantitative estimate of drug-likeness (QED) is 0.833. The van der Waals surface area contributed by atoms with Crippen LogP contribution in [0.2, 0.25) is 0 Å². The van der Waals surface area contributed by atoms with Crippen LogP contribution in [-0.2, 0) is 4.79 Å². The molecule has 0 heterocycles. The number of hydrogen-bond donors (Lipinski definition) is 2. The van der Waals surface area contributed by atoms with Crippen LogP contribution in [-0.4, -0.2) is 24.5 Å². The van der Waals surface area contributed by atoms with Crippen molar-refractivity contribution >= 4 is 17.5 Å². The molecule has 23 heavy (non-hydrogen) atoms. The zero-order chi connectivity index (χ0) is 17.4. The number of carbonyl (C=O) groups is 2. The third-order valence-electron chi connectivity index (χ3n) is 3.76. The molecular formula is C15H16F4N2O2. The summed E-state index contributed by atoms with van der Waals surface area (Å²) in [6.45, 7) is 1.81. The van der Waals surface area contributed by atoms with Crippen molar-refractivity contribution in [2.75, 3.05) is 11.9 Å². The highest BCUT2D eigenvalue weighted by molar-refractivity contribution is 5.99. The predicted octanol–water partition coefficient (Wildman–Crippen LogP) is 3.02. The van der Waals surface area contributed by atoms with Gasteiger partial charge in [0.25, 0.3) is 5.91 Å². The van der Waals surface area contributed by atoms with Crippen LogP contribution in [0.15, 0.2) is 12.1 Å². The first kappa shape index (κ1) is 17.2. The third kappa shape index (κ3) is 4.43. The molecule has 1 saturated carbocycles. The first-order valence-corrected chi connectivity index (χ1v) is 7.04. The normalized spacial score (nSPS) is 20.1. The smallest absolute Gasteiger partial charge is 0.343 e. The van der Waals surface area contributed by atoms with E-state index in [1.165, 1.54) is 13.0 Å². The van der Waals surface area contributed by atoms with Crippen molar-refractivity contribution < 1.29 is 27.2 Å². The Labute approximate surface area is 130 Å². The molecular weight excluding hydrogens is 316 g/mol. The van der Waals surface area contributed by atoms with Gasteiger partial charge in [0, 0.05) is 22.7 Å². The van der Waals surface area contributed by atoms with Crippen molar-refractivity contribution in [3.63, 3.8) is 0 Å². The topological polar surface area (TPSA) is 58.2 Å². The van der Waals surface area contributed by atoms with Gasteiger partial charge in [-0.3, -0.25) is 9.59 Å². The highest BCUT2D eigenvalue weighted by Crippen LogP contribution is 2.38. The van der Waals surface area contributed by atoms with E-state index in [2.05, 4.69) is 5.32 Å². The van der Waals surface area contributed by atoms with Gasteiger partial charge in [0.15, 0.2) is 0 Å². The summed E-state index contributed by atoms with van der Waals surface area (Å²) < 4.78 is 50.2. The van der Waals surface area contributed by atoms with E-state index < -0.39 is 24.4 Å². The molecule has 2 amide bonds. The molecule has 2 N–H and O–H groups in total. The molecule has 2 unspecified atom stereocenters. The number of nitrogens with one attached hydrogen (secondary N) is 2. The van der Waals surface area contributed by atoms with Crippen LogP contribution in [0.5, 0.6) is 0 Å². The maximum atomic E-state index is 13.9. The minimum absolute atomic E-state index is 0.0891. The van der Waals surface area contributed by atoms with E-state index in [-0.39, 0.29) is 34.6 Å². The first-order chi connectivity index (χ1) is 10.6. The number of anilines is 1. The van der Waals surface area contributed by atoms with E-state index in [1.54, 1.807) is 5.32 Å². The number of amides is 2. The average molecular weight is 332 g/mol. The molecule has 2 rings (SSSR count). The van der Waals surface area contributed by atoms with Gasteiger partial charge in [0.1, 0.15) is 12.4 Å². The van der Waals surface area contributed by atoms with Gasteiger partial charge < -0.3 is 10.6 Å². The SMILES string of the molecule is Cc1c(F)cc(C(=O)NCC(F)(F)F)cc1NC(=O)C1CC1C. The van der Waals surface area contributed by atoms with Crippen molar-refractivity contribution in [1.29, 1.82) is 0 Å². The lowest BCUT2D eigenvalue weighted by molar-refractivity contribution is -0.123. The van der Waals surface area contributed by atoms with Gasteiger partial charge in [0.05, 0.1) is 0 Å². The lowest BCUT2D eigenvalue weighted by Crippen LogP contribution is -2.33. The number of alkyl halides is 3. The maximum Gasteiger partial charge on any atom is 0.405 e. The summed E-state index contributed by atoms with van der Waals surface area (Å²) in [6.07, 6.45) is -3.82. The predicted molar refractivity (Wildman–Crippen MR) is 75.4 cm³/mol. The van der Waals surface area contributed by atoms with Gasteiger partial charge >= 0.3 is 6.18 Å². The average Bonchev–Trinajstić information content (AvgIpc) is 3.17. The third-order valence-corrected chi connectivity index (χ3v) is 3.76. The number of hydrogen-bond acceptors (Lipinski definition) is 2. The van der Waals surface area contributed by atoms with Crippen LogP contribution in [0.1, 0.15) is 29.3 Å². The minimum atomic E-state index is -4.56. The van der Waals surface area contributed by atoms with Gasteiger partial charge in [-0.2, -0.15) is 13.2 Å². The summed E-state index contributed by atoms with van der Waals surface area (Å²) in [7, 11) is 0.